The van der Waals surface area contributed by atoms with Crippen LogP contribution >= 0.6 is 11.6 Å². The molecule has 2 aromatic rings. The number of anilines is 2. The van der Waals surface area contributed by atoms with Gasteiger partial charge in [0.2, 0.25) is 0 Å². The molecule has 3 N–H and O–H groups in total. The molecule has 0 saturated carbocycles. The third-order valence-corrected chi connectivity index (χ3v) is 3.90. The molecule has 136 valence electrons. The zero-order valence-corrected chi connectivity index (χ0v) is 14.9. The minimum Gasteiger partial charge on any atom is -0.440 e. The summed E-state index contributed by atoms with van der Waals surface area (Å²) < 4.78 is 6.41. The summed E-state index contributed by atoms with van der Waals surface area (Å²) in [5, 5.41) is 0.0644. The summed E-state index contributed by atoms with van der Waals surface area (Å²) >= 11 is 5.72. The number of nitrogens with one attached hydrogen (secondary N) is 1. The van der Waals surface area contributed by atoms with Gasteiger partial charge in [0, 0.05) is 13.1 Å². The van der Waals surface area contributed by atoms with Crippen LogP contribution in [0.3, 0.4) is 0 Å². The lowest BCUT2D eigenvalue weighted by molar-refractivity contribution is 0.0960. The van der Waals surface area contributed by atoms with Crippen LogP contribution in [0.5, 0.6) is 0 Å². The van der Waals surface area contributed by atoms with Gasteiger partial charge in [-0.3, -0.25) is 24.0 Å². The summed E-state index contributed by atoms with van der Waals surface area (Å²) in [5.41, 5.74) is 4.70. The van der Waals surface area contributed by atoms with Gasteiger partial charge in [-0.1, -0.05) is 20.3 Å². The second-order valence-corrected chi connectivity index (χ2v) is 5.93. The molecule has 0 aliphatic heterocycles. The second-order valence-electron chi connectivity index (χ2n) is 5.56. The number of hydrogen-bond donors (Lipinski definition) is 2. The van der Waals surface area contributed by atoms with Crippen LogP contribution in [0.1, 0.15) is 43.7 Å². The Kier molecular flexibility index (Phi) is 6.08. The second kappa shape index (κ2) is 8.06. The molecule has 0 atom stereocenters. The number of nitrogens with zero attached hydrogens (tertiary/aromatic N) is 2. The zero-order valence-electron chi connectivity index (χ0n) is 14.2. The van der Waals surface area contributed by atoms with Crippen LogP contribution < -0.4 is 21.9 Å². The van der Waals surface area contributed by atoms with Crippen molar-refractivity contribution in [1.29, 1.82) is 0 Å². The number of halogens is 1. The summed E-state index contributed by atoms with van der Waals surface area (Å²) in [7, 11) is 0. The van der Waals surface area contributed by atoms with Crippen LogP contribution in [-0.4, -0.2) is 22.0 Å². The molecule has 1 amide bonds. The topological polar surface area (TPSA) is 114 Å². The maximum absolute atomic E-state index is 12.7. The highest BCUT2D eigenvalue weighted by molar-refractivity contribution is 6.29. The lowest BCUT2D eigenvalue weighted by Crippen LogP contribution is -2.41. The van der Waals surface area contributed by atoms with Crippen molar-refractivity contribution in [2.75, 3.05) is 17.2 Å². The Labute approximate surface area is 149 Å². The molecule has 0 bridgehead atoms. The van der Waals surface area contributed by atoms with Crippen molar-refractivity contribution in [2.45, 2.75) is 39.7 Å². The van der Waals surface area contributed by atoms with Crippen molar-refractivity contribution in [2.24, 2.45) is 0 Å². The summed E-state index contributed by atoms with van der Waals surface area (Å²) in [6.45, 7) is 4.41. The Morgan fingerprint density at radius 1 is 1.32 bits per heavy atom. The highest BCUT2D eigenvalue weighted by Crippen LogP contribution is 2.22. The van der Waals surface area contributed by atoms with Gasteiger partial charge < -0.3 is 10.2 Å². The van der Waals surface area contributed by atoms with E-state index in [4.69, 9.17) is 21.8 Å². The molecule has 0 unspecified atom stereocenters. The fourth-order valence-corrected chi connectivity index (χ4v) is 2.62. The molecule has 9 heteroatoms. The summed E-state index contributed by atoms with van der Waals surface area (Å²) in [6, 6.07) is 2.86. The number of H-pyrrole nitrogens is 1. The van der Waals surface area contributed by atoms with Gasteiger partial charge in [-0.25, -0.2) is 4.79 Å². The average molecular weight is 369 g/mol. The number of unbranched alkanes of at least 4 members (excludes halogenated alkanes) is 1. The fraction of sp³-hybridized carbons (Fsp3) is 0.438. The van der Waals surface area contributed by atoms with Crippen molar-refractivity contribution in [3.8, 4) is 0 Å². The molecule has 2 rings (SSSR count). The third-order valence-electron chi connectivity index (χ3n) is 3.70. The Bertz CT molecular complexity index is 868. The molecule has 0 radical (unpaired) electrons. The molecule has 2 aromatic heterocycles. The van der Waals surface area contributed by atoms with E-state index in [0.29, 0.717) is 19.4 Å². The first-order valence-corrected chi connectivity index (χ1v) is 8.48. The minimum atomic E-state index is -0.713. The fourth-order valence-electron chi connectivity index (χ4n) is 2.48. The van der Waals surface area contributed by atoms with Gasteiger partial charge in [-0.2, -0.15) is 0 Å². The molecule has 25 heavy (non-hydrogen) atoms. The number of aromatic amines is 1. The largest absolute Gasteiger partial charge is 0.440 e. The maximum atomic E-state index is 12.7. The highest BCUT2D eigenvalue weighted by atomic mass is 35.5. The lowest BCUT2D eigenvalue weighted by atomic mass is 10.2. The number of furan rings is 1. The maximum Gasteiger partial charge on any atom is 0.330 e. The monoisotopic (exact) mass is 368 g/mol. The molecule has 2 heterocycles. The predicted molar refractivity (Wildman–Crippen MR) is 96.3 cm³/mol. The first kappa shape index (κ1) is 18.9. The van der Waals surface area contributed by atoms with Crippen LogP contribution in [0, 0.1) is 0 Å². The Hall–Kier alpha value is -2.48. The smallest absolute Gasteiger partial charge is 0.330 e. The Balaban J connectivity index is 2.56. The first-order valence-electron chi connectivity index (χ1n) is 8.10. The normalized spacial score (nSPS) is 10.8. The van der Waals surface area contributed by atoms with Crippen molar-refractivity contribution in [1.82, 2.24) is 9.55 Å². The Morgan fingerprint density at radius 3 is 2.60 bits per heavy atom. The number of nitrogens with two attached hydrogens (primary N) is 1. The van der Waals surface area contributed by atoms with Gasteiger partial charge in [-0.15, -0.1) is 0 Å². The van der Waals surface area contributed by atoms with E-state index in [2.05, 4.69) is 4.98 Å². The van der Waals surface area contributed by atoms with Crippen molar-refractivity contribution >= 4 is 29.0 Å². The summed E-state index contributed by atoms with van der Waals surface area (Å²) in [4.78, 5) is 40.6. The number of amides is 1. The van der Waals surface area contributed by atoms with Crippen LogP contribution in [-0.2, 0) is 6.54 Å². The SMILES string of the molecule is CCCCn1c(N)c(N(CCC)C(=O)c2ccc(Cl)o2)c(=O)[nH]c1=O. The third kappa shape index (κ3) is 3.96. The van der Waals surface area contributed by atoms with Crippen LogP contribution in [0.2, 0.25) is 5.22 Å². The molecule has 0 aliphatic carbocycles. The van der Waals surface area contributed by atoms with Crippen molar-refractivity contribution < 1.29 is 9.21 Å². The highest BCUT2D eigenvalue weighted by Gasteiger charge is 2.26. The first-order chi connectivity index (χ1) is 11.9. The minimum absolute atomic E-state index is 0.0106. The van der Waals surface area contributed by atoms with Crippen molar-refractivity contribution in [3.63, 3.8) is 0 Å². The van der Waals surface area contributed by atoms with Gasteiger partial charge in [0.1, 0.15) is 5.82 Å². The van der Waals surface area contributed by atoms with E-state index in [9.17, 15) is 14.4 Å². The van der Waals surface area contributed by atoms with E-state index in [0.717, 1.165) is 6.42 Å². The molecule has 0 saturated heterocycles. The van der Waals surface area contributed by atoms with Crippen LogP contribution in [0.15, 0.2) is 26.1 Å². The lowest BCUT2D eigenvalue weighted by Gasteiger charge is -2.23. The van der Waals surface area contributed by atoms with Crippen molar-refractivity contribution in [3.05, 3.63) is 44.0 Å². The Morgan fingerprint density at radius 2 is 2.04 bits per heavy atom. The van der Waals surface area contributed by atoms with E-state index in [-0.39, 0.29) is 29.0 Å². The number of carbonyl (C=O) groups is 1. The number of nitrogen functional groups attached to an aromatic ring is 1. The quantitative estimate of drug-likeness (QED) is 0.777. The van der Waals surface area contributed by atoms with Crippen LogP contribution in [0.25, 0.3) is 0 Å². The molecular weight excluding hydrogens is 348 g/mol. The van der Waals surface area contributed by atoms with E-state index >= 15 is 0 Å². The molecule has 0 aliphatic rings. The van der Waals surface area contributed by atoms with Gasteiger partial charge in [0.25, 0.3) is 11.5 Å². The molecule has 0 fully saturated rings. The van der Waals surface area contributed by atoms with E-state index in [1.807, 2.05) is 13.8 Å². The molecular formula is C16H21ClN4O4. The van der Waals surface area contributed by atoms with Gasteiger partial charge in [0.05, 0.1) is 0 Å². The predicted octanol–water partition coefficient (Wildman–Crippen LogP) is 2.22. The van der Waals surface area contributed by atoms with Gasteiger partial charge in [0.15, 0.2) is 16.7 Å². The number of rotatable bonds is 7. The molecule has 0 aromatic carbocycles. The standard InChI is InChI=1S/C16H21ClN4O4/c1-3-5-9-21-13(18)12(14(22)19-16(21)24)20(8-4-2)15(23)10-6-7-11(17)25-10/h6-7H,3-5,8-9,18H2,1-2H3,(H,19,22,24). The average Bonchev–Trinajstić information content (AvgIpc) is 2.99. The van der Waals surface area contributed by atoms with E-state index in [1.54, 1.807) is 0 Å². The van der Waals surface area contributed by atoms with Crippen LogP contribution in [0.4, 0.5) is 11.5 Å². The molecule has 8 nitrogen and oxygen atoms in total. The number of hydrogen-bond acceptors (Lipinski definition) is 5. The number of aromatic nitrogens is 2. The van der Waals surface area contributed by atoms with Gasteiger partial charge in [-0.05, 0) is 36.6 Å². The van der Waals surface area contributed by atoms with E-state index in [1.165, 1.54) is 21.6 Å². The summed E-state index contributed by atoms with van der Waals surface area (Å²) in [6.07, 6.45) is 2.14. The molecule has 0 spiro atoms. The van der Waals surface area contributed by atoms with Gasteiger partial charge >= 0.3 is 5.69 Å². The number of carbonyl (C=O) groups excluding carboxylic acids is 1. The summed E-state index contributed by atoms with van der Waals surface area (Å²) in [5.74, 6) is -0.600. The zero-order chi connectivity index (χ0) is 18.6. The van der Waals surface area contributed by atoms with E-state index < -0.39 is 17.2 Å².